The number of hydrogen-bond donors (Lipinski definition) is 1. The molecule has 1 aromatic carbocycles. The molecule has 25 heavy (non-hydrogen) atoms. The molecule has 1 amide bonds. The third-order valence-electron chi connectivity index (χ3n) is 4.20. The molecule has 1 saturated heterocycles. The maximum atomic E-state index is 12.0. The van der Waals surface area contributed by atoms with Crippen LogP contribution in [0.3, 0.4) is 0 Å². The Morgan fingerprint density at radius 2 is 1.96 bits per heavy atom. The second-order valence-electron chi connectivity index (χ2n) is 5.90. The second kappa shape index (κ2) is 8.21. The number of halogens is 1. The van der Waals surface area contributed by atoms with Gasteiger partial charge in [-0.3, -0.25) is 4.79 Å². The molecular formula is C19H18IN3O2. The topological polar surface area (TPSA) is 69.3 Å². The standard InChI is InChI=1S/C19H18IN3O2/c20-18-7-5-17(25-18)6-8-19(24)22-15-9-11-23(12-10-15)16-3-1-14(13-21)2-4-16/h1-8,15H,9-12H2,(H,22,24)/b8-6+. The van der Waals surface area contributed by atoms with Gasteiger partial charge in [0, 0.05) is 30.9 Å². The third kappa shape index (κ3) is 4.86. The van der Waals surface area contributed by atoms with Gasteiger partial charge in [-0.05, 0) is 77.9 Å². The Kier molecular flexibility index (Phi) is 5.76. The van der Waals surface area contributed by atoms with Gasteiger partial charge in [-0.1, -0.05) is 0 Å². The van der Waals surface area contributed by atoms with Crippen LogP contribution in [0.4, 0.5) is 5.69 Å². The summed E-state index contributed by atoms with van der Waals surface area (Å²) in [6.07, 6.45) is 5.00. The zero-order chi connectivity index (χ0) is 17.6. The van der Waals surface area contributed by atoms with E-state index in [1.807, 2.05) is 36.4 Å². The lowest BCUT2D eigenvalue weighted by Gasteiger charge is -2.33. The predicted octanol–water partition coefficient (Wildman–Crippen LogP) is 3.55. The summed E-state index contributed by atoms with van der Waals surface area (Å²) in [4.78, 5) is 14.3. The Labute approximate surface area is 160 Å². The van der Waals surface area contributed by atoms with E-state index in [1.165, 1.54) is 6.08 Å². The molecule has 0 spiro atoms. The van der Waals surface area contributed by atoms with E-state index in [4.69, 9.17) is 9.68 Å². The third-order valence-corrected chi connectivity index (χ3v) is 4.78. The molecule has 5 nitrogen and oxygen atoms in total. The van der Waals surface area contributed by atoms with E-state index in [0.29, 0.717) is 11.3 Å². The first-order valence-corrected chi connectivity index (χ1v) is 9.21. The molecule has 2 aromatic rings. The van der Waals surface area contributed by atoms with Crippen LogP contribution < -0.4 is 10.2 Å². The van der Waals surface area contributed by atoms with Crippen molar-refractivity contribution in [2.75, 3.05) is 18.0 Å². The molecule has 1 aliphatic rings. The van der Waals surface area contributed by atoms with Crippen molar-refractivity contribution < 1.29 is 9.21 Å². The van der Waals surface area contributed by atoms with Gasteiger partial charge in [0.05, 0.1) is 11.6 Å². The van der Waals surface area contributed by atoms with Crippen molar-refractivity contribution in [3.8, 4) is 6.07 Å². The van der Waals surface area contributed by atoms with Gasteiger partial charge in [-0.2, -0.15) is 5.26 Å². The lowest BCUT2D eigenvalue weighted by atomic mass is 10.0. The van der Waals surface area contributed by atoms with Crippen molar-refractivity contribution in [2.24, 2.45) is 0 Å². The molecule has 0 unspecified atom stereocenters. The van der Waals surface area contributed by atoms with Gasteiger partial charge in [-0.25, -0.2) is 0 Å². The van der Waals surface area contributed by atoms with Crippen LogP contribution in [-0.2, 0) is 4.79 Å². The average Bonchev–Trinajstić information content (AvgIpc) is 3.06. The largest absolute Gasteiger partial charge is 0.451 e. The molecule has 0 radical (unpaired) electrons. The fourth-order valence-corrected chi connectivity index (χ4v) is 3.29. The molecule has 1 aromatic heterocycles. The van der Waals surface area contributed by atoms with Gasteiger partial charge in [0.25, 0.3) is 0 Å². The van der Waals surface area contributed by atoms with Crippen LogP contribution in [0.2, 0.25) is 0 Å². The number of nitriles is 1. The van der Waals surface area contributed by atoms with Gasteiger partial charge in [-0.15, -0.1) is 0 Å². The molecule has 1 N–H and O–H groups in total. The van der Waals surface area contributed by atoms with Crippen molar-refractivity contribution in [1.29, 1.82) is 5.26 Å². The first-order chi connectivity index (χ1) is 12.1. The van der Waals surface area contributed by atoms with Crippen LogP contribution in [-0.4, -0.2) is 25.0 Å². The molecule has 128 valence electrons. The number of amides is 1. The van der Waals surface area contributed by atoms with Crippen LogP contribution in [0.5, 0.6) is 0 Å². The number of nitrogens with one attached hydrogen (secondary N) is 1. The molecule has 0 bridgehead atoms. The molecule has 0 saturated carbocycles. The number of rotatable bonds is 4. The summed E-state index contributed by atoms with van der Waals surface area (Å²) in [5, 5.41) is 11.9. The van der Waals surface area contributed by atoms with E-state index in [0.717, 1.165) is 35.4 Å². The van der Waals surface area contributed by atoms with Crippen molar-refractivity contribution in [1.82, 2.24) is 5.32 Å². The van der Waals surface area contributed by atoms with E-state index in [2.05, 4.69) is 38.9 Å². The van der Waals surface area contributed by atoms with E-state index in [9.17, 15) is 4.79 Å². The summed E-state index contributed by atoms with van der Waals surface area (Å²) in [5.41, 5.74) is 1.79. The number of benzene rings is 1. The highest BCUT2D eigenvalue weighted by Gasteiger charge is 2.20. The van der Waals surface area contributed by atoms with E-state index >= 15 is 0 Å². The summed E-state index contributed by atoms with van der Waals surface area (Å²) < 4.78 is 6.20. The number of piperidine rings is 1. The SMILES string of the molecule is N#Cc1ccc(N2CCC(NC(=O)/C=C/c3ccc(I)o3)CC2)cc1. The quantitative estimate of drug-likeness (QED) is 0.575. The van der Waals surface area contributed by atoms with Gasteiger partial charge in [0.15, 0.2) is 3.77 Å². The highest BCUT2D eigenvalue weighted by molar-refractivity contribution is 14.1. The molecule has 2 heterocycles. The normalized spacial score (nSPS) is 15.3. The number of anilines is 1. The Bertz CT molecular complexity index is 797. The monoisotopic (exact) mass is 447 g/mol. The number of furan rings is 1. The van der Waals surface area contributed by atoms with Crippen LogP contribution in [0, 0.1) is 15.1 Å². The minimum Gasteiger partial charge on any atom is -0.451 e. The molecule has 3 rings (SSSR count). The number of nitrogens with zero attached hydrogens (tertiary/aromatic N) is 2. The van der Waals surface area contributed by atoms with Gasteiger partial charge >= 0.3 is 0 Å². The summed E-state index contributed by atoms with van der Waals surface area (Å²) in [5.74, 6) is 0.582. The highest BCUT2D eigenvalue weighted by atomic mass is 127. The molecule has 1 fully saturated rings. The molecular weight excluding hydrogens is 429 g/mol. The molecule has 1 aliphatic heterocycles. The predicted molar refractivity (Wildman–Crippen MR) is 105 cm³/mol. The number of hydrogen-bond acceptors (Lipinski definition) is 4. The fraction of sp³-hybridized carbons (Fsp3) is 0.263. The van der Waals surface area contributed by atoms with Crippen LogP contribution in [0.15, 0.2) is 46.9 Å². The molecule has 0 atom stereocenters. The van der Waals surface area contributed by atoms with Crippen molar-refractivity contribution in [3.05, 3.63) is 57.6 Å². The van der Waals surface area contributed by atoms with Gasteiger partial charge in [0.1, 0.15) is 5.76 Å². The first kappa shape index (κ1) is 17.5. The number of carbonyl (C=O) groups excluding carboxylic acids is 1. The maximum Gasteiger partial charge on any atom is 0.244 e. The summed E-state index contributed by atoms with van der Waals surface area (Å²) >= 11 is 2.09. The zero-order valence-corrected chi connectivity index (χ0v) is 15.8. The number of carbonyl (C=O) groups is 1. The molecule has 6 heteroatoms. The minimum absolute atomic E-state index is 0.0942. The second-order valence-corrected chi connectivity index (χ2v) is 6.97. The minimum atomic E-state index is -0.0942. The summed E-state index contributed by atoms with van der Waals surface area (Å²) in [7, 11) is 0. The molecule has 0 aliphatic carbocycles. The van der Waals surface area contributed by atoms with E-state index in [-0.39, 0.29) is 11.9 Å². The Hall–Kier alpha value is -2.27. The van der Waals surface area contributed by atoms with Crippen LogP contribution in [0.1, 0.15) is 24.2 Å². The van der Waals surface area contributed by atoms with E-state index < -0.39 is 0 Å². The average molecular weight is 447 g/mol. The fourth-order valence-electron chi connectivity index (χ4n) is 2.85. The van der Waals surface area contributed by atoms with Crippen LogP contribution in [0.25, 0.3) is 6.08 Å². The Morgan fingerprint density at radius 3 is 2.56 bits per heavy atom. The summed E-state index contributed by atoms with van der Waals surface area (Å²) in [6, 6.07) is 13.6. The van der Waals surface area contributed by atoms with Crippen molar-refractivity contribution in [2.45, 2.75) is 18.9 Å². The smallest absolute Gasteiger partial charge is 0.244 e. The lowest BCUT2D eigenvalue weighted by Crippen LogP contribution is -2.44. The summed E-state index contributed by atoms with van der Waals surface area (Å²) in [6.45, 7) is 1.77. The Morgan fingerprint density at radius 1 is 1.24 bits per heavy atom. The van der Waals surface area contributed by atoms with Crippen molar-refractivity contribution >= 4 is 40.3 Å². The lowest BCUT2D eigenvalue weighted by molar-refractivity contribution is -0.117. The van der Waals surface area contributed by atoms with Crippen LogP contribution >= 0.6 is 22.6 Å². The van der Waals surface area contributed by atoms with Crippen molar-refractivity contribution in [3.63, 3.8) is 0 Å². The maximum absolute atomic E-state index is 12.0. The van der Waals surface area contributed by atoms with Gasteiger partial charge in [0.2, 0.25) is 5.91 Å². The zero-order valence-electron chi connectivity index (χ0n) is 13.6. The van der Waals surface area contributed by atoms with Gasteiger partial charge < -0.3 is 14.6 Å². The van der Waals surface area contributed by atoms with E-state index in [1.54, 1.807) is 6.08 Å². The first-order valence-electron chi connectivity index (χ1n) is 8.13. The Balaban J connectivity index is 1.47. The highest BCUT2D eigenvalue weighted by Crippen LogP contribution is 2.20.